The minimum atomic E-state index is -4.27. The lowest BCUT2D eigenvalue weighted by Crippen LogP contribution is -2.46. The van der Waals surface area contributed by atoms with Gasteiger partial charge in [0.25, 0.3) is 0 Å². The topological polar surface area (TPSA) is 191 Å². The van der Waals surface area contributed by atoms with Gasteiger partial charge in [0, 0.05) is 6.20 Å². The number of esters is 1. The van der Waals surface area contributed by atoms with E-state index in [0.717, 1.165) is 4.57 Å². The monoisotopic (exact) mass is 542 g/mol. The highest BCUT2D eigenvalue weighted by atomic mass is 31.2. The fraction of sp³-hybridized carbons (Fsp3) is 0.500. The van der Waals surface area contributed by atoms with Gasteiger partial charge < -0.3 is 24.2 Å². The zero-order valence-corrected chi connectivity index (χ0v) is 21.6. The Morgan fingerprint density at radius 2 is 1.95 bits per heavy atom. The number of benzene rings is 1. The third kappa shape index (κ3) is 6.93. The molecule has 0 spiro atoms. The molecule has 1 aromatic carbocycles. The molecule has 0 aliphatic carbocycles. The van der Waals surface area contributed by atoms with Crippen molar-refractivity contribution in [2.45, 2.75) is 63.9 Å². The number of aliphatic hydroxyl groups excluding tert-OH is 1. The van der Waals surface area contributed by atoms with E-state index in [9.17, 15) is 24.4 Å². The van der Waals surface area contributed by atoms with Crippen LogP contribution in [0.4, 0.5) is 5.82 Å². The van der Waals surface area contributed by atoms with Gasteiger partial charge in [0.15, 0.2) is 12.0 Å². The number of nitrogens with one attached hydrogen (secondary N) is 2. The number of hydrogen-bond acceptors (Lipinski definition) is 12. The molecule has 6 atom stereocenters. The van der Waals surface area contributed by atoms with Gasteiger partial charge >= 0.3 is 19.4 Å². The normalized spacial score (nSPS) is 25.9. The Labute approximate surface area is 212 Å². The van der Waals surface area contributed by atoms with Crippen LogP contribution in [-0.2, 0) is 23.4 Å². The number of ether oxygens (including phenoxy) is 2. The molecular weight excluding hydrogens is 511 g/mol. The lowest BCUT2D eigenvalue weighted by Gasteiger charge is -2.27. The minimum Gasteiger partial charge on any atom is -0.462 e. The lowest BCUT2D eigenvalue weighted by molar-refractivity contribution is -0.149. The molecule has 1 aliphatic heterocycles. The molecule has 0 amide bonds. The van der Waals surface area contributed by atoms with E-state index in [4.69, 9.17) is 23.7 Å². The highest BCUT2D eigenvalue weighted by molar-refractivity contribution is 7.52. The summed E-state index contributed by atoms with van der Waals surface area (Å²) in [5.41, 5.74) is -1.13. The number of carbonyl (C=O) groups is 1. The predicted octanol–water partition coefficient (Wildman–Crippen LogP) is 1.19. The van der Waals surface area contributed by atoms with E-state index < -0.39 is 62.2 Å². The summed E-state index contributed by atoms with van der Waals surface area (Å²) in [5, 5.41) is 33.1. The Bertz CT molecular complexity index is 1180. The first-order chi connectivity index (χ1) is 17.4. The second-order valence-corrected chi connectivity index (χ2v) is 10.5. The van der Waals surface area contributed by atoms with E-state index in [1.54, 1.807) is 37.5 Å². The Hall–Kier alpha value is -2.84. The molecule has 1 aromatic heterocycles. The third-order valence-corrected chi connectivity index (χ3v) is 7.03. The van der Waals surface area contributed by atoms with Crippen LogP contribution < -0.4 is 20.8 Å². The van der Waals surface area contributed by atoms with Gasteiger partial charge in [0.05, 0.1) is 12.7 Å². The van der Waals surface area contributed by atoms with Gasteiger partial charge in [-0.15, -0.1) is 0 Å². The van der Waals surface area contributed by atoms with Crippen molar-refractivity contribution in [1.82, 2.24) is 14.6 Å². The molecule has 0 bridgehead atoms. The zero-order valence-electron chi connectivity index (χ0n) is 20.7. The molecule has 0 radical (unpaired) electrons. The molecule has 15 heteroatoms. The number of anilines is 1. The molecule has 1 fully saturated rings. The van der Waals surface area contributed by atoms with E-state index in [0.29, 0.717) is 0 Å². The Morgan fingerprint density at radius 3 is 2.54 bits per heavy atom. The first-order valence-corrected chi connectivity index (χ1v) is 12.9. The number of carbonyl (C=O) groups excluding carboxylic acids is 1. The summed E-state index contributed by atoms with van der Waals surface area (Å²) in [6, 6.07) is 8.23. The Kier molecular flexibility index (Phi) is 9.08. The minimum absolute atomic E-state index is 0.130. The summed E-state index contributed by atoms with van der Waals surface area (Å²) in [6.45, 7) is 5.43. The van der Waals surface area contributed by atoms with Crippen molar-refractivity contribution in [3.63, 3.8) is 0 Å². The van der Waals surface area contributed by atoms with Crippen molar-refractivity contribution < 1.29 is 43.3 Å². The maximum Gasteiger partial charge on any atom is 0.459 e. The van der Waals surface area contributed by atoms with E-state index in [1.807, 2.05) is 0 Å². The second kappa shape index (κ2) is 11.7. The van der Waals surface area contributed by atoms with Gasteiger partial charge in [-0.1, -0.05) is 18.2 Å². The average molecular weight is 542 g/mol. The average Bonchev–Trinajstić information content (AvgIpc) is 3.06. The molecule has 2 heterocycles. The summed E-state index contributed by atoms with van der Waals surface area (Å²) in [5.74, 6) is -0.645. The number of hydrogen-bond donors (Lipinski definition) is 5. The van der Waals surface area contributed by atoms with Gasteiger partial charge in [-0.25, -0.2) is 9.36 Å². The number of rotatable bonds is 11. The zero-order chi connectivity index (χ0) is 27.4. The van der Waals surface area contributed by atoms with Crippen LogP contribution in [0.25, 0.3) is 0 Å². The van der Waals surface area contributed by atoms with Crippen molar-refractivity contribution in [3.05, 3.63) is 53.1 Å². The van der Waals surface area contributed by atoms with Gasteiger partial charge in [-0.3, -0.25) is 24.6 Å². The van der Waals surface area contributed by atoms with Crippen LogP contribution in [0.1, 0.15) is 33.9 Å². The molecule has 14 nitrogen and oxygen atoms in total. The summed E-state index contributed by atoms with van der Waals surface area (Å²) in [6.07, 6.45) is -3.46. The van der Waals surface area contributed by atoms with Crippen LogP contribution in [0.3, 0.4) is 0 Å². The summed E-state index contributed by atoms with van der Waals surface area (Å²) in [4.78, 5) is 28.2. The smallest absolute Gasteiger partial charge is 0.459 e. The van der Waals surface area contributed by atoms with Gasteiger partial charge in [-0.05, 0) is 45.9 Å². The van der Waals surface area contributed by atoms with Crippen molar-refractivity contribution in [2.75, 3.05) is 12.1 Å². The fourth-order valence-electron chi connectivity index (χ4n) is 3.54. The SMILES string of the molecule is CC(C)OC(=O)[C@@H](C)NP(=O)(OC[C@@H]1O[C@H](n2ccc(NO)nc2=O)[C@@](C)(O)[C@H]1O)Oc1ccccc1. The van der Waals surface area contributed by atoms with Gasteiger partial charge in [-0.2, -0.15) is 10.1 Å². The molecule has 5 N–H and O–H groups in total. The summed E-state index contributed by atoms with van der Waals surface area (Å²) < 4.78 is 36.5. The van der Waals surface area contributed by atoms with E-state index in [1.165, 1.54) is 38.2 Å². The standard InChI is InChI=1S/C22H31N4O10P/c1-13(2)34-19(28)14(3)25-37(32,36-15-8-6-5-7-9-15)33-12-16-18(27)22(4,30)20(35-16)26-11-10-17(24-31)23-21(26)29/h5-11,13-14,16,18,20,27,30-31H,12H2,1-4H3,(H,25,32)(H,23,24,29)/t14-,16+,18+,20+,22+,37?/m1/s1. The second-order valence-electron chi connectivity index (χ2n) is 8.85. The molecule has 1 saturated heterocycles. The first kappa shape index (κ1) is 28.7. The van der Waals surface area contributed by atoms with E-state index in [-0.39, 0.29) is 11.6 Å². The highest BCUT2D eigenvalue weighted by Gasteiger charge is 2.54. The van der Waals surface area contributed by atoms with E-state index >= 15 is 0 Å². The van der Waals surface area contributed by atoms with Crippen molar-refractivity contribution in [2.24, 2.45) is 0 Å². The fourth-order valence-corrected chi connectivity index (χ4v) is 5.04. The third-order valence-electron chi connectivity index (χ3n) is 5.39. The van der Waals surface area contributed by atoms with Crippen molar-refractivity contribution in [3.8, 4) is 5.75 Å². The summed E-state index contributed by atoms with van der Waals surface area (Å²) in [7, 11) is -4.27. The van der Waals surface area contributed by atoms with Gasteiger partial charge in [0.1, 0.15) is 29.6 Å². The molecule has 1 unspecified atom stereocenters. The van der Waals surface area contributed by atoms with Crippen LogP contribution in [0.5, 0.6) is 5.75 Å². The van der Waals surface area contributed by atoms with E-state index in [2.05, 4.69) is 10.1 Å². The first-order valence-electron chi connectivity index (χ1n) is 11.4. The molecule has 2 aromatic rings. The lowest BCUT2D eigenvalue weighted by atomic mass is 9.96. The van der Waals surface area contributed by atoms with Crippen molar-refractivity contribution in [1.29, 1.82) is 0 Å². The molecule has 0 saturated carbocycles. The molecule has 3 rings (SSSR count). The quantitative estimate of drug-likeness (QED) is 0.155. The molecule has 37 heavy (non-hydrogen) atoms. The predicted molar refractivity (Wildman–Crippen MR) is 129 cm³/mol. The van der Waals surface area contributed by atoms with Crippen molar-refractivity contribution >= 4 is 19.5 Å². The summed E-state index contributed by atoms with van der Waals surface area (Å²) >= 11 is 0. The number of para-hydroxylation sites is 1. The maximum absolute atomic E-state index is 13.6. The largest absolute Gasteiger partial charge is 0.462 e. The van der Waals surface area contributed by atoms with Crippen LogP contribution in [0.15, 0.2) is 47.4 Å². The molecule has 204 valence electrons. The Morgan fingerprint density at radius 1 is 1.27 bits per heavy atom. The highest BCUT2D eigenvalue weighted by Crippen LogP contribution is 2.46. The Balaban J connectivity index is 1.79. The molecular formula is C22H31N4O10P. The number of nitrogens with zero attached hydrogens (tertiary/aromatic N) is 2. The molecule has 1 aliphatic rings. The maximum atomic E-state index is 13.6. The van der Waals surface area contributed by atoms with Crippen LogP contribution in [0, 0.1) is 0 Å². The van der Waals surface area contributed by atoms with Crippen LogP contribution in [0.2, 0.25) is 0 Å². The number of aliphatic hydroxyl groups is 2. The number of aromatic nitrogens is 2. The van der Waals surface area contributed by atoms with Gasteiger partial charge in [0.2, 0.25) is 0 Å². The van der Waals surface area contributed by atoms with Crippen LogP contribution >= 0.6 is 7.75 Å². The van der Waals surface area contributed by atoms with Crippen LogP contribution in [-0.4, -0.2) is 67.5 Å².